The Kier molecular flexibility index (Phi) is 19.5. The molecule has 7 N–H and O–H groups in total. The first-order chi connectivity index (χ1) is 12.8. The van der Waals surface area contributed by atoms with Crippen LogP contribution in [0.15, 0.2) is 0 Å². The molecule has 1 atom stereocenters. The van der Waals surface area contributed by atoms with Crippen molar-refractivity contribution in [2.45, 2.75) is 90.0 Å². The van der Waals surface area contributed by atoms with E-state index in [0.717, 1.165) is 25.7 Å². The fraction of sp³-hybridized carbons (Fsp3) is 0.842. The molecule has 0 aliphatic carbocycles. The van der Waals surface area contributed by atoms with Crippen LogP contribution in [0.3, 0.4) is 0 Å². The molecule has 0 saturated heterocycles. The van der Waals surface area contributed by atoms with Crippen LogP contribution in [0.5, 0.6) is 0 Å². The highest BCUT2D eigenvalue weighted by molar-refractivity contribution is 5.92. The summed E-state index contributed by atoms with van der Waals surface area (Å²) in [5.41, 5.74) is 10.4. The van der Waals surface area contributed by atoms with E-state index in [1.807, 2.05) is 0 Å². The van der Waals surface area contributed by atoms with Gasteiger partial charge in [-0.05, 0) is 25.8 Å². The van der Waals surface area contributed by atoms with E-state index in [-0.39, 0.29) is 6.42 Å². The summed E-state index contributed by atoms with van der Waals surface area (Å²) in [4.78, 5) is 31.3. The third kappa shape index (κ3) is 18.9. The highest BCUT2D eigenvalue weighted by atomic mass is 16.4. The van der Waals surface area contributed by atoms with Crippen molar-refractivity contribution in [3.05, 3.63) is 0 Å². The molecule has 8 nitrogen and oxygen atoms in total. The molecular weight excluding hydrogens is 352 g/mol. The number of carboxylic acid groups (broad SMARTS) is 3. The van der Waals surface area contributed by atoms with Crippen LogP contribution in [0.2, 0.25) is 0 Å². The minimum Gasteiger partial charge on any atom is -0.481 e. The third-order valence-electron chi connectivity index (χ3n) is 4.23. The number of nitrogens with two attached hydrogens (primary N) is 2. The van der Waals surface area contributed by atoms with Crippen molar-refractivity contribution in [2.75, 3.05) is 6.54 Å². The third-order valence-corrected chi connectivity index (χ3v) is 4.23. The van der Waals surface area contributed by atoms with E-state index < -0.39 is 29.9 Å². The van der Waals surface area contributed by atoms with Gasteiger partial charge in [0.1, 0.15) is 6.04 Å². The summed E-state index contributed by atoms with van der Waals surface area (Å²) in [6.45, 7) is 2.78. The molecule has 0 unspecified atom stereocenters. The molecule has 0 amide bonds. The van der Waals surface area contributed by atoms with Crippen LogP contribution in [0, 0.1) is 5.92 Å². The molecule has 0 rings (SSSR count). The Hall–Kier alpha value is -1.67. The fourth-order valence-electron chi connectivity index (χ4n) is 2.47. The highest BCUT2D eigenvalue weighted by Gasteiger charge is 2.24. The van der Waals surface area contributed by atoms with E-state index in [4.69, 9.17) is 26.8 Å². The van der Waals surface area contributed by atoms with Crippen molar-refractivity contribution < 1.29 is 29.7 Å². The predicted molar refractivity (Wildman–Crippen MR) is 105 cm³/mol. The standard InChI is InChI=1S/C13H24O4.C6H14N2O2/c1-2-3-4-5-6-7-8-9-10-11(12(14)15)13(16)17;7-4-2-1-3-5(8)6(9)10/h11H,2-10H2,1H3,(H,14,15)(H,16,17);5H,1-4,7-8H2,(H,9,10)/t;5-/m.0/s1. The maximum absolute atomic E-state index is 10.6. The Labute approximate surface area is 162 Å². The molecular formula is C19H38N2O6. The lowest BCUT2D eigenvalue weighted by Crippen LogP contribution is -2.29. The second-order valence-electron chi connectivity index (χ2n) is 6.72. The lowest BCUT2D eigenvalue weighted by molar-refractivity contribution is -0.154. The van der Waals surface area contributed by atoms with Crippen LogP contribution in [0.25, 0.3) is 0 Å². The minimum atomic E-state index is -1.23. The maximum Gasteiger partial charge on any atom is 0.320 e. The van der Waals surface area contributed by atoms with E-state index in [1.54, 1.807) is 0 Å². The SMILES string of the molecule is CCCCCCCCCCC(C(=O)O)C(=O)O.NCCCC[C@H](N)C(=O)O. The number of hydrogen-bond donors (Lipinski definition) is 5. The number of hydrogen-bond acceptors (Lipinski definition) is 5. The number of carboxylic acids is 3. The van der Waals surface area contributed by atoms with E-state index in [2.05, 4.69) is 6.92 Å². The summed E-state index contributed by atoms with van der Waals surface area (Å²) in [6, 6.07) is -0.716. The van der Waals surface area contributed by atoms with Gasteiger partial charge in [0.15, 0.2) is 5.92 Å². The Morgan fingerprint density at radius 2 is 1.15 bits per heavy atom. The van der Waals surface area contributed by atoms with Crippen molar-refractivity contribution in [3.8, 4) is 0 Å². The zero-order valence-corrected chi connectivity index (χ0v) is 16.6. The van der Waals surface area contributed by atoms with Crippen LogP contribution in [-0.4, -0.2) is 45.8 Å². The lowest BCUT2D eigenvalue weighted by atomic mass is 10.0. The van der Waals surface area contributed by atoms with Gasteiger partial charge in [0.2, 0.25) is 0 Å². The summed E-state index contributed by atoms with van der Waals surface area (Å²) in [6.07, 6.45) is 11.3. The number of carbonyl (C=O) groups is 3. The Bertz CT molecular complexity index is 390. The molecule has 160 valence electrons. The van der Waals surface area contributed by atoms with Crippen molar-refractivity contribution >= 4 is 17.9 Å². The first kappa shape index (κ1) is 27.5. The normalized spacial score (nSPS) is 11.6. The number of aliphatic carboxylic acids is 3. The molecule has 0 aliphatic rings. The first-order valence-corrected chi connectivity index (χ1v) is 9.91. The largest absolute Gasteiger partial charge is 0.481 e. The minimum absolute atomic E-state index is 0.250. The zero-order valence-electron chi connectivity index (χ0n) is 16.6. The lowest BCUT2D eigenvalue weighted by Gasteiger charge is -2.06. The monoisotopic (exact) mass is 390 g/mol. The molecule has 0 spiro atoms. The first-order valence-electron chi connectivity index (χ1n) is 9.91. The molecule has 8 heteroatoms. The molecule has 0 radical (unpaired) electrons. The van der Waals surface area contributed by atoms with Gasteiger partial charge >= 0.3 is 17.9 Å². The second kappa shape index (κ2) is 19.1. The smallest absolute Gasteiger partial charge is 0.320 e. The van der Waals surface area contributed by atoms with Gasteiger partial charge in [-0.25, -0.2) is 0 Å². The van der Waals surface area contributed by atoms with Crippen LogP contribution < -0.4 is 11.5 Å². The fourth-order valence-corrected chi connectivity index (χ4v) is 2.47. The van der Waals surface area contributed by atoms with Crippen molar-refractivity contribution in [1.82, 2.24) is 0 Å². The summed E-state index contributed by atoms with van der Waals surface area (Å²) in [5, 5.41) is 25.7. The van der Waals surface area contributed by atoms with Gasteiger partial charge in [-0.15, -0.1) is 0 Å². The summed E-state index contributed by atoms with van der Waals surface area (Å²) < 4.78 is 0. The second-order valence-corrected chi connectivity index (χ2v) is 6.72. The number of unbranched alkanes of at least 4 members (excludes halogenated alkanes) is 8. The van der Waals surface area contributed by atoms with Crippen molar-refractivity contribution in [3.63, 3.8) is 0 Å². The van der Waals surface area contributed by atoms with E-state index in [9.17, 15) is 14.4 Å². The maximum atomic E-state index is 10.6. The molecule has 0 aromatic heterocycles. The van der Waals surface area contributed by atoms with Crippen molar-refractivity contribution in [2.24, 2.45) is 17.4 Å². The van der Waals surface area contributed by atoms with Crippen LogP contribution in [0.1, 0.15) is 84.0 Å². The summed E-state index contributed by atoms with van der Waals surface area (Å²) >= 11 is 0. The summed E-state index contributed by atoms with van der Waals surface area (Å²) in [5.74, 6) is -4.60. The van der Waals surface area contributed by atoms with Gasteiger partial charge in [-0.3, -0.25) is 14.4 Å². The zero-order chi connectivity index (χ0) is 21.1. The van der Waals surface area contributed by atoms with E-state index in [0.29, 0.717) is 19.4 Å². The molecule has 0 aromatic rings. The highest BCUT2D eigenvalue weighted by Crippen LogP contribution is 2.13. The molecule has 0 heterocycles. The average molecular weight is 391 g/mol. The van der Waals surface area contributed by atoms with Gasteiger partial charge in [-0.2, -0.15) is 0 Å². The molecule has 0 aromatic carbocycles. The van der Waals surface area contributed by atoms with Crippen molar-refractivity contribution in [1.29, 1.82) is 0 Å². The van der Waals surface area contributed by atoms with Gasteiger partial charge in [0, 0.05) is 0 Å². The van der Waals surface area contributed by atoms with Gasteiger partial charge in [0.25, 0.3) is 0 Å². The van der Waals surface area contributed by atoms with Gasteiger partial charge in [0.05, 0.1) is 0 Å². The summed E-state index contributed by atoms with van der Waals surface area (Å²) in [7, 11) is 0. The molecule has 27 heavy (non-hydrogen) atoms. The molecule has 0 aliphatic heterocycles. The topological polar surface area (TPSA) is 164 Å². The average Bonchev–Trinajstić information content (AvgIpc) is 2.60. The van der Waals surface area contributed by atoms with Crippen LogP contribution in [-0.2, 0) is 14.4 Å². The quantitative estimate of drug-likeness (QED) is 0.198. The van der Waals surface area contributed by atoms with E-state index in [1.165, 1.54) is 32.1 Å². The predicted octanol–water partition coefficient (Wildman–Crippen LogP) is 2.83. The van der Waals surface area contributed by atoms with Crippen LogP contribution >= 0.6 is 0 Å². The molecule has 0 saturated carbocycles. The Morgan fingerprint density at radius 1 is 0.704 bits per heavy atom. The number of rotatable bonds is 16. The van der Waals surface area contributed by atoms with Crippen LogP contribution in [0.4, 0.5) is 0 Å². The van der Waals surface area contributed by atoms with Gasteiger partial charge < -0.3 is 26.8 Å². The Morgan fingerprint density at radius 3 is 1.56 bits per heavy atom. The Balaban J connectivity index is 0. The van der Waals surface area contributed by atoms with Gasteiger partial charge in [-0.1, -0.05) is 64.7 Å². The van der Waals surface area contributed by atoms with E-state index >= 15 is 0 Å². The molecule has 0 bridgehead atoms. The molecule has 0 fully saturated rings.